The van der Waals surface area contributed by atoms with E-state index in [-0.39, 0.29) is 19.4 Å². The maximum atomic E-state index is 12.3. The summed E-state index contributed by atoms with van der Waals surface area (Å²) >= 11 is 0. The van der Waals surface area contributed by atoms with Crippen LogP contribution in [0.3, 0.4) is 0 Å². The lowest BCUT2D eigenvalue weighted by atomic mass is 9.78. The minimum atomic E-state index is -1.37. The molecule has 1 rings (SSSR count). The number of primary amides is 1. The van der Waals surface area contributed by atoms with Crippen LogP contribution in [0.4, 0.5) is 4.79 Å². The molecule has 1 atom stereocenters. The van der Waals surface area contributed by atoms with Gasteiger partial charge >= 0.3 is 18.0 Å². The number of esters is 2. The van der Waals surface area contributed by atoms with E-state index in [1.165, 1.54) is 0 Å². The molecule has 0 aromatic carbocycles. The average Bonchev–Trinajstić information content (AvgIpc) is 2.64. The molecule has 0 aromatic rings. The van der Waals surface area contributed by atoms with Gasteiger partial charge in [-0.05, 0) is 34.1 Å². The van der Waals surface area contributed by atoms with Gasteiger partial charge in [-0.3, -0.25) is 15.0 Å². The Kier molecular flexibility index (Phi) is 5.40. The lowest BCUT2D eigenvalue weighted by molar-refractivity contribution is -0.165. The lowest BCUT2D eigenvalue weighted by Crippen LogP contribution is -2.40. The van der Waals surface area contributed by atoms with E-state index in [2.05, 4.69) is 10.9 Å². The highest BCUT2D eigenvalue weighted by atomic mass is 16.6. The van der Waals surface area contributed by atoms with Gasteiger partial charge in [0, 0.05) is 12.1 Å². The number of nitrogens with one attached hydrogen (secondary N) is 2. The van der Waals surface area contributed by atoms with Crippen molar-refractivity contribution in [2.24, 2.45) is 11.1 Å². The number of ether oxygens (including phenoxy) is 2. The summed E-state index contributed by atoms with van der Waals surface area (Å²) < 4.78 is 10.3. The number of nitrogens with two attached hydrogens (primary N) is 1. The molecule has 2 amide bonds. The third-order valence-electron chi connectivity index (χ3n) is 3.29. The van der Waals surface area contributed by atoms with Crippen molar-refractivity contribution in [3.63, 3.8) is 0 Å². The Morgan fingerprint density at radius 3 is 2.50 bits per heavy atom. The maximum absolute atomic E-state index is 12.3. The summed E-state index contributed by atoms with van der Waals surface area (Å²) in [5, 5.41) is 0. The molecule has 0 aromatic heterocycles. The first-order chi connectivity index (χ1) is 10.1. The molecule has 8 nitrogen and oxygen atoms in total. The minimum Gasteiger partial charge on any atom is -0.465 e. The van der Waals surface area contributed by atoms with E-state index in [9.17, 15) is 14.4 Å². The van der Waals surface area contributed by atoms with Crippen LogP contribution in [0.5, 0.6) is 0 Å². The zero-order valence-electron chi connectivity index (χ0n) is 13.3. The Hall–Kier alpha value is -2.25. The summed E-state index contributed by atoms with van der Waals surface area (Å²) in [5.74, 6) is -1.19. The van der Waals surface area contributed by atoms with E-state index in [4.69, 9.17) is 15.2 Å². The number of hydrazine groups is 1. The Morgan fingerprint density at radius 1 is 1.41 bits per heavy atom. The van der Waals surface area contributed by atoms with E-state index in [0.29, 0.717) is 5.70 Å². The molecule has 0 radical (unpaired) electrons. The largest absolute Gasteiger partial charge is 0.465 e. The molecule has 0 saturated carbocycles. The Labute approximate surface area is 129 Å². The molecule has 4 N–H and O–H groups in total. The number of cyclic esters (lactones) is 1. The Balaban J connectivity index is 2.94. The van der Waals surface area contributed by atoms with Crippen molar-refractivity contribution in [1.29, 1.82) is 0 Å². The first-order valence-electron chi connectivity index (χ1n) is 7.02. The van der Waals surface area contributed by atoms with Crippen LogP contribution in [0.25, 0.3) is 0 Å². The Bertz CT molecular complexity index is 501. The Morgan fingerprint density at radius 2 is 2.05 bits per heavy atom. The van der Waals surface area contributed by atoms with Gasteiger partial charge in [-0.2, -0.15) is 0 Å². The second-order valence-electron chi connectivity index (χ2n) is 5.83. The number of urea groups is 1. The van der Waals surface area contributed by atoms with Gasteiger partial charge in [-0.1, -0.05) is 6.08 Å². The molecule has 1 fully saturated rings. The van der Waals surface area contributed by atoms with Crippen LogP contribution in [0.1, 0.15) is 40.5 Å². The van der Waals surface area contributed by atoms with Gasteiger partial charge < -0.3 is 20.6 Å². The number of hydrogen-bond donors (Lipinski definition) is 3. The van der Waals surface area contributed by atoms with Crippen molar-refractivity contribution < 1.29 is 23.9 Å². The fourth-order valence-electron chi connectivity index (χ4n) is 2.39. The molecule has 124 valence electrons. The number of carbonyl (C=O) groups is 3. The van der Waals surface area contributed by atoms with Crippen LogP contribution in [-0.4, -0.2) is 30.2 Å². The van der Waals surface area contributed by atoms with Crippen molar-refractivity contribution >= 4 is 18.0 Å². The van der Waals surface area contributed by atoms with Crippen molar-refractivity contribution in [1.82, 2.24) is 10.9 Å². The van der Waals surface area contributed by atoms with E-state index in [1.54, 1.807) is 33.8 Å². The van der Waals surface area contributed by atoms with Crippen LogP contribution in [0, 0.1) is 5.41 Å². The van der Waals surface area contributed by atoms with Gasteiger partial charge in [0.05, 0.1) is 6.61 Å². The van der Waals surface area contributed by atoms with Crippen LogP contribution in [-0.2, 0) is 19.1 Å². The first kappa shape index (κ1) is 17.8. The molecule has 22 heavy (non-hydrogen) atoms. The molecule has 1 heterocycles. The molecule has 0 aliphatic carbocycles. The van der Waals surface area contributed by atoms with Crippen molar-refractivity contribution in [3.8, 4) is 0 Å². The second kappa shape index (κ2) is 6.67. The minimum absolute atomic E-state index is 0.105. The topological polar surface area (TPSA) is 120 Å². The third-order valence-corrected chi connectivity index (χ3v) is 3.29. The summed E-state index contributed by atoms with van der Waals surface area (Å²) in [7, 11) is 0. The fraction of sp³-hybridized carbons (Fsp3) is 0.643. The molecule has 1 aliphatic heterocycles. The van der Waals surface area contributed by atoms with Gasteiger partial charge in [-0.15, -0.1) is 0 Å². The summed E-state index contributed by atoms with van der Waals surface area (Å²) in [6.07, 6.45) is 1.95. The van der Waals surface area contributed by atoms with Crippen LogP contribution in [0.15, 0.2) is 11.8 Å². The first-order valence-corrected chi connectivity index (χ1v) is 7.02. The van der Waals surface area contributed by atoms with Gasteiger partial charge in [0.2, 0.25) is 0 Å². The molecule has 1 unspecified atom stereocenters. The molecular formula is C14H23N3O5. The SMILES string of the molecule is CCOC(=O)C1(CC=C(C)NNC(N)=O)CC(C)(C)OC1=O. The fourth-order valence-corrected chi connectivity index (χ4v) is 2.39. The number of hydrogen-bond acceptors (Lipinski definition) is 6. The van der Waals surface area contributed by atoms with E-state index in [1.807, 2.05) is 0 Å². The number of amides is 2. The second-order valence-corrected chi connectivity index (χ2v) is 5.83. The van der Waals surface area contributed by atoms with Gasteiger partial charge in [0.25, 0.3) is 0 Å². The van der Waals surface area contributed by atoms with Crippen molar-refractivity contribution in [2.75, 3.05) is 6.61 Å². The molecule has 8 heteroatoms. The van der Waals surface area contributed by atoms with E-state index in [0.717, 1.165) is 0 Å². The zero-order chi connectivity index (χ0) is 17.0. The van der Waals surface area contributed by atoms with E-state index >= 15 is 0 Å². The standard InChI is InChI=1S/C14H23N3O5/c1-5-21-10(18)14(8-13(3,4)22-11(14)19)7-6-9(2)16-17-12(15)20/h6,16H,5,7-8H2,1-4H3,(H3,15,17,20). The summed E-state index contributed by atoms with van der Waals surface area (Å²) in [6.45, 7) is 7.01. The van der Waals surface area contributed by atoms with Crippen molar-refractivity contribution in [2.45, 2.75) is 46.1 Å². The predicted molar refractivity (Wildman–Crippen MR) is 78.1 cm³/mol. The lowest BCUT2D eigenvalue weighted by Gasteiger charge is -2.22. The van der Waals surface area contributed by atoms with Gasteiger partial charge in [0.1, 0.15) is 5.60 Å². The molecule has 1 saturated heterocycles. The number of rotatable bonds is 6. The maximum Gasteiger partial charge on any atom is 0.330 e. The van der Waals surface area contributed by atoms with E-state index < -0.39 is 29.0 Å². The van der Waals surface area contributed by atoms with Gasteiger partial charge in [0.15, 0.2) is 5.41 Å². The molecular weight excluding hydrogens is 290 g/mol. The smallest absolute Gasteiger partial charge is 0.330 e. The summed E-state index contributed by atoms with van der Waals surface area (Å²) in [5.41, 5.74) is 8.15. The monoisotopic (exact) mass is 313 g/mol. The third kappa shape index (κ3) is 4.12. The normalized spacial score (nSPS) is 23.6. The van der Waals surface area contributed by atoms with Crippen LogP contribution < -0.4 is 16.6 Å². The average molecular weight is 313 g/mol. The highest BCUT2D eigenvalue weighted by Gasteiger charge is 2.58. The molecule has 1 aliphatic rings. The summed E-state index contributed by atoms with van der Waals surface area (Å²) in [6, 6.07) is -0.741. The van der Waals surface area contributed by atoms with Crippen LogP contribution >= 0.6 is 0 Å². The number of carbonyl (C=O) groups excluding carboxylic acids is 3. The summed E-state index contributed by atoms with van der Waals surface area (Å²) in [4.78, 5) is 35.2. The molecule has 0 bridgehead atoms. The highest BCUT2D eigenvalue weighted by molar-refractivity contribution is 6.02. The zero-order valence-corrected chi connectivity index (χ0v) is 13.3. The predicted octanol–water partition coefficient (Wildman–Crippen LogP) is 0.728. The van der Waals surface area contributed by atoms with Crippen molar-refractivity contribution in [3.05, 3.63) is 11.8 Å². The highest BCUT2D eigenvalue weighted by Crippen LogP contribution is 2.44. The quantitative estimate of drug-likeness (QED) is 0.378. The van der Waals surface area contributed by atoms with Gasteiger partial charge in [-0.25, -0.2) is 4.79 Å². The van der Waals surface area contributed by atoms with Crippen LogP contribution in [0.2, 0.25) is 0 Å². The number of allylic oxidation sites excluding steroid dienone is 2. The molecule has 0 spiro atoms.